The van der Waals surface area contributed by atoms with Crippen molar-refractivity contribution in [2.45, 2.75) is 102 Å². The minimum atomic E-state index is -1.59. The fourth-order valence-electron chi connectivity index (χ4n) is 5.16. The van der Waals surface area contributed by atoms with Crippen molar-refractivity contribution in [1.82, 2.24) is 5.06 Å². The van der Waals surface area contributed by atoms with E-state index in [9.17, 15) is 5.26 Å². The maximum Gasteiger partial charge on any atom is 0.183 e. The molecule has 0 aromatic rings. The van der Waals surface area contributed by atoms with Gasteiger partial charge in [0.05, 0.1) is 11.7 Å². The second-order valence-electron chi connectivity index (χ2n) is 9.57. The van der Waals surface area contributed by atoms with Gasteiger partial charge in [0.15, 0.2) is 8.32 Å². The normalized spacial score (nSPS) is 38.1. The molecule has 4 unspecified atom stereocenters. The molecule has 3 aliphatic rings. The molecule has 3 rings (SSSR count). The van der Waals surface area contributed by atoms with Crippen LogP contribution in [0.25, 0.3) is 0 Å². The molecular formula is C20H36N2O2Si. The number of hydrogen-bond acceptors (Lipinski definition) is 4. The van der Waals surface area contributed by atoms with Crippen LogP contribution >= 0.6 is 0 Å². The molecule has 0 radical (unpaired) electrons. The van der Waals surface area contributed by atoms with E-state index in [1.165, 1.54) is 51.4 Å². The molecule has 25 heavy (non-hydrogen) atoms. The van der Waals surface area contributed by atoms with Crippen LogP contribution in [-0.4, -0.2) is 37.7 Å². The summed E-state index contributed by atoms with van der Waals surface area (Å²) >= 11 is 0. The Labute approximate surface area is 154 Å². The quantitative estimate of drug-likeness (QED) is 0.667. The van der Waals surface area contributed by atoms with E-state index < -0.39 is 8.32 Å². The average Bonchev–Trinajstić information content (AvgIpc) is 2.58. The maximum atomic E-state index is 10.1. The third-order valence-electron chi connectivity index (χ3n) is 6.51. The molecule has 4 atom stereocenters. The van der Waals surface area contributed by atoms with Crippen LogP contribution in [0.3, 0.4) is 0 Å². The van der Waals surface area contributed by atoms with Crippen molar-refractivity contribution >= 4 is 8.32 Å². The first-order chi connectivity index (χ1) is 11.8. The lowest BCUT2D eigenvalue weighted by atomic mass is 9.67. The molecule has 2 aliphatic carbocycles. The van der Waals surface area contributed by atoms with E-state index in [4.69, 9.17) is 9.26 Å². The predicted molar refractivity (Wildman–Crippen MR) is 102 cm³/mol. The van der Waals surface area contributed by atoms with Crippen LogP contribution in [0.4, 0.5) is 0 Å². The van der Waals surface area contributed by atoms with Gasteiger partial charge in [0.25, 0.3) is 0 Å². The summed E-state index contributed by atoms with van der Waals surface area (Å²) in [6.07, 6.45) is 11.0. The largest absolute Gasteiger partial charge is 0.417 e. The molecule has 0 aromatic heterocycles. The van der Waals surface area contributed by atoms with Gasteiger partial charge in [-0.25, -0.2) is 0 Å². The van der Waals surface area contributed by atoms with E-state index in [1.807, 2.05) is 0 Å². The van der Waals surface area contributed by atoms with Crippen LogP contribution in [0.2, 0.25) is 19.6 Å². The van der Waals surface area contributed by atoms with Gasteiger partial charge in [-0.05, 0) is 58.2 Å². The van der Waals surface area contributed by atoms with Gasteiger partial charge in [-0.1, -0.05) is 32.1 Å². The summed E-state index contributed by atoms with van der Waals surface area (Å²) in [5.41, 5.74) is -0.115. The van der Waals surface area contributed by atoms with Gasteiger partial charge in [0, 0.05) is 18.6 Å². The average molecular weight is 365 g/mol. The molecule has 0 spiro atoms. The Morgan fingerprint density at radius 1 is 1.12 bits per heavy atom. The van der Waals surface area contributed by atoms with Crippen LogP contribution < -0.4 is 0 Å². The molecule has 4 nitrogen and oxygen atoms in total. The van der Waals surface area contributed by atoms with E-state index in [1.54, 1.807) is 0 Å². The number of rotatable bonds is 4. The first-order valence-corrected chi connectivity index (χ1v) is 13.8. The van der Waals surface area contributed by atoms with Gasteiger partial charge < -0.3 is 4.43 Å². The first-order valence-electron chi connectivity index (χ1n) is 10.4. The highest BCUT2D eigenvalue weighted by atomic mass is 28.4. The summed E-state index contributed by atoms with van der Waals surface area (Å²) in [5, 5.41) is 12.2. The van der Waals surface area contributed by atoms with E-state index in [0.717, 1.165) is 13.0 Å². The highest BCUT2D eigenvalue weighted by Gasteiger charge is 2.54. The third kappa shape index (κ3) is 4.30. The summed E-state index contributed by atoms with van der Waals surface area (Å²) in [4.78, 5) is 6.65. The van der Waals surface area contributed by atoms with Crippen molar-refractivity contribution in [3.63, 3.8) is 0 Å². The van der Waals surface area contributed by atoms with Crippen molar-refractivity contribution in [1.29, 1.82) is 5.26 Å². The summed E-state index contributed by atoms with van der Waals surface area (Å²) in [5.74, 6) is 0.722. The fourth-order valence-corrected chi connectivity index (χ4v) is 5.85. The Kier molecular flexibility index (Phi) is 5.94. The molecule has 2 saturated carbocycles. The molecule has 5 heteroatoms. The number of hydroxylamine groups is 2. The molecule has 0 aromatic carbocycles. The highest BCUT2D eigenvalue weighted by Crippen LogP contribution is 2.48. The predicted octanol–water partition coefficient (Wildman–Crippen LogP) is 4.88. The number of fused-ring (bicyclic) bond motifs is 1. The summed E-state index contributed by atoms with van der Waals surface area (Å²) in [6.45, 7) is 9.74. The fraction of sp³-hybridized carbons (Fsp3) is 0.950. The summed E-state index contributed by atoms with van der Waals surface area (Å²) in [7, 11) is -1.59. The lowest BCUT2D eigenvalue weighted by Crippen LogP contribution is -2.63. The first kappa shape index (κ1) is 19.4. The lowest BCUT2D eigenvalue weighted by molar-refractivity contribution is -0.343. The van der Waals surface area contributed by atoms with Gasteiger partial charge >= 0.3 is 0 Å². The lowest BCUT2D eigenvalue weighted by Gasteiger charge is -2.56. The zero-order valence-corrected chi connectivity index (χ0v) is 17.6. The Morgan fingerprint density at radius 3 is 2.44 bits per heavy atom. The Balaban J connectivity index is 1.85. The van der Waals surface area contributed by atoms with Crippen LogP contribution in [0.5, 0.6) is 0 Å². The molecule has 1 saturated heterocycles. The molecular weight excluding hydrogens is 328 g/mol. The summed E-state index contributed by atoms with van der Waals surface area (Å²) < 4.78 is 6.34. The van der Waals surface area contributed by atoms with Gasteiger partial charge in [-0.2, -0.15) is 10.3 Å². The number of hydrogen-bond donors (Lipinski definition) is 0. The minimum absolute atomic E-state index is 0.115. The third-order valence-corrected chi connectivity index (χ3v) is 7.54. The molecule has 142 valence electrons. The topological polar surface area (TPSA) is 45.5 Å². The molecule has 1 heterocycles. The molecule has 0 bridgehead atoms. The molecule has 1 aliphatic heterocycles. The minimum Gasteiger partial charge on any atom is -0.417 e. The van der Waals surface area contributed by atoms with Gasteiger partial charge in [-0.15, -0.1) is 0 Å². The smallest absolute Gasteiger partial charge is 0.183 e. The summed E-state index contributed by atoms with van der Waals surface area (Å²) in [6, 6.07) is 2.88. The van der Waals surface area contributed by atoms with E-state index in [-0.39, 0.29) is 17.6 Å². The maximum absolute atomic E-state index is 10.1. The SMILES string of the molecule is CC12CCCCC1C(CO[Si](C)(C)C)C(C#N)N(C1CCCCC1)O2. The number of nitrogens with zero attached hydrogens (tertiary/aromatic N) is 2. The van der Waals surface area contributed by atoms with E-state index >= 15 is 0 Å². The van der Waals surface area contributed by atoms with Crippen molar-refractivity contribution in [3.8, 4) is 6.07 Å². The van der Waals surface area contributed by atoms with E-state index in [2.05, 4.69) is 37.7 Å². The molecule has 3 fully saturated rings. The van der Waals surface area contributed by atoms with Crippen molar-refractivity contribution in [2.75, 3.05) is 6.61 Å². The second kappa shape index (κ2) is 7.68. The van der Waals surface area contributed by atoms with E-state index in [0.29, 0.717) is 12.0 Å². The highest BCUT2D eigenvalue weighted by molar-refractivity contribution is 6.69. The zero-order valence-electron chi connectivity index (χ0n) is 16.6. The number of nitriles is 1. The van der Waals surface area contributed by atoms with Gasteiger partial charge in [-0.3, -0.25) is 4.84 Å². The van der Waals surface area contributed by atoms with Crippen molar-refractivity contribution in [2.24, 2.45) is 11.8 Å². The van der Waals surface area contributed by atoms with Crippen LogP contribution in [0.1, 0.15) is 64.7 Å². The standard InChI is InChI=1S/C20H36N2O2Si/c1-20-13-9-8-12-18(20)17(15-23-25(2,3)4)19(14-21)22(24-20)16-10-6-5-7-11-16/h16-19H,5-13,15H2,1-4H3. The van der Waals surface area contributed by atoms with Crippen LogP contribution in [0.15, 0.2) is 0 Å². The second-order valence-corrected chi connectivity index (χ2v) is 14.1. The Morgan fingerprint density at radius 2 is 1.80 bits per heavy atom. The van der Waals surface area contributed by atoms with Gasteiger partial charge in [0.1, 0.15) is 6.04 Å². The molecule has 0 amide bonds. The monoisotopic (exact) mass is 364 g/mol. The Bertz CT molecular complexity index is 495. The van der Waals surface area contributed by atoms with Crippen molar-refractivity contribution < 1.29 is 9.26 Å². The zero-order chi connectivity index (χ0) is 18.1. The van der Waals surface area contributed by atoms with Crippen LogP contribution in [0, 0.1) is 23.2 Å². The van der Waals surface area contributed by atoms with Crippen LogP contribution in [-0.2, 0) is 9.26 Å². The van der Waals surface area contributed by atoms with Crippen molar-refractivity contribution in [3.05, 3.63) is 0 Å². The van der Waals surface area contributed by atoms with Gasteiger partial charge in [0.2, 0.25) is 0 Å². The molecule has 0 N–H and O–H groups in total. The Hall–Kier alpha value is -0.413.